The third-order valence-corrected chi connectivity index (χ3v) is 9.75. The van der Waals surface area contributed by atoms with Gasteiger partial charge in [-0.3, -0.25) is 0 Å². The topological polar surface area (TPSA) is 56.7 Å². The molecular weight excluding hydrogens is 613 g/mol. The van der Waals surface area contributed by atoms with Gasteiger partial charge in [0.2, 0.25) is 0 Å². The quantitative estimate of drug-likeness (QED) is 0.187. The fourth-order valence-corrected chi connectivity index (χ4v) is 7.43. The zero-order chi connectivity index (χ0) is 33.0. The van der Waals surface area contributed by atoms with Gasteiger partial charge in [0, 0.05) is 38.6 Å². The molecule has 9 aromatic rings. The normalized spacial score (nSPS) is 14.4. The third-order valence-electron chi connectivity index (χ3n) is 9.75. The maximum absolute atomic E-state index is 6.76. The number of benzene rings is 6. The summed E-state index contributed by atoms with van der Waals surface area (Å²) >= 11 is 0. The van der Waals surface area contributed by atoms with Gasteiger partial charge in [-0.05, 0) is 47.9 Å². The average molecular weight is 643 g/mol. The highest BCUT2D eigenvalue weighted by molar-refractivity contribution is 6.16. The van der Waals surface area contributed by atoms with E-state index in [1.54, 1.807) is 0 Å². The SMILES string of the molecule is C1=CCC(c2nc(-c3ccccc3)nc(-c3cccc(-c4cccc5oc6c(-n7c8ccccc8c8ccccc87)cccc6c45)c3)n2)C=C1. The van der Waals surface area contributed by atoms with E-state index in [1.165, 1.54) is 10.8 Å². The molecule has 3 aromatic heterocycles. The first-order valence-electron chi connectivity index (χ1n) is 17.0. The molecule has 3 heterocycles. The summed E-state index contributed by atoms with van der Waals surface area (Å²) in [5, 5.41) is 4.61. The Morgan fingerprint density at radius 3 is 2.00 bits per heavy atom. The Hall–Kier alpha value is -6.59. The molecule has 0 aliphatic heterocycles. The molecule has 0 fully saturated rings. The predicted octanol–water partition coefficient (Wildman–Crippen LogP) is 11.5. The number of hydrogen-bond acceptors (Lipinski definition) is 4. The first kappa shape index (κ1) is 28.4. The van der Waals surface area contributed by atoms with Gasteiger partial charge in [-0.1, -0.05) is 133 Å². The first-order chi connectivity index (χ1) is 24.8. The van der Waals surface area contributed by atoms with Crippen LogP contribution in [-0.4, -0.2) is 19.5 Å². The van der Waals surface area contributed by atoms with Crippen molar-refractivity contribution < 1.29 is 4.42 Å². The highest BCUT2D eigenvalue weighted by Gasteiger charge is 2.21. The molecule has 0 saturated heterocycles. The number of aromatic nitrogens is 4. The molecule has 1 atom stereocenters. The highest BCUT2D eigenvalue weighted by Crippen LogP contribution is 2.41. The molecule has 50 heavy (non-hydrogen) atoms. The summed E-state index contributed by atoms with van der Waals surface area (Å²) in [7, 11) is 0. The second-order valence-corrected chi connectivity index (χ2v) is 12.7. The van der Waals surface area contributed by atoms with Gasteiger partial charge in [0.15, 0.2) is 17.2 Å². The van der Waals surface area contributed by atoms with Crippen LogP contribution < -0.4 is 0 Å². The molecule has 5 nitrogen and oxygen atoms in total. The lowest BCUT2D eigenvalue weighted by Gasteiger charge is -2.14. The van der Waals surface area contributed by atoms with E-state index in [-0.39, 0.29) is 5.92 Å². The number of allylic oxidation sites excluding steroid dienone is 4. The van der Waals surface area contributed by atoms with Crippen LogP contribution in [0.25, 0.3) is 83.3 Å². The molecule has 10 rings (SSSR count). The molecule has 0 amide bonds. The molecule has 1 aliphatic rings. The van der Waals surface area contributed by atoms with Gasteiger partial charge in [-0.15, -0.1) is 0 Å². The van der Waals surface area contributed by atoms with Gasteiger partial charge in [0.1, 0.15) is 11.4 Å². The Morgan fingerprint density at radius 1 is 0.560 bits per heavy atom. The van der Waals surface area contributed by atoms with E-state index >= 15 is 0 Å². The molecule has 0 radical (unpaired) electrons. The van der Waals surface area contributed by atoms with Crippen molar-refractivity contribution >= 4 is 43.7 Å². The Morgan fingerprint density at radius 2 is 1.22 bits per heavy atom. The zero-order valence-electron chi connectivity index (χ0n) is 27.1. The largest absolute Gasteiger partial charge is 0.454 e. The maximum atomic E-state index is 6.76. The van der Waals surface area contributed by atoms with Crippen LogP contribution in [0.15, 0.2) is 168 Å². The van der Waals surface area contributed by atoms with E-state index in [1.807, 2.05) is 30.3 Å². The lowest BCUT2D eigenvalue weighted by atomic mass is 9.97. The van der Waals surface area contributed by atoms with Crippen molar-refractivity contribution in [3.8, 4) is 39.6 Å². The second-order valence-electron chi connectivity index (χ2n) is 12.7. The van der Waals surface area contributed by atoms with Crippen LogP contribution in [0, 0.1) is 0 Å². The summed E-state index contributed by atoms with van der Waals surface area (Å²) in [6, 6.07) is 48.6. The van der Waals surface area contributed by atoms with Gasteiger partial charge < -0.3 is 8.98 Å². The van der Waals surface area contributed by atoms with Crippen molar-refractivity contribution in [2.45, 2.75) is 12.3 Å². The molecule has 5 heteroatoms. The number of rotatable bonds is 5. The minimum Gasteiger partial charge on any atom is -0.454 e. The number of furan rings is 1. The van der Waals surface area contributed by atoms with Crippen LogP contribution in [-0.2, 0) is 0 Å². The van der Waals surface area contributed by atoms with Gasteiger partial charge in [0.25, 0.3) is 0 Å². The van der Waals surface area contributed by atoms with Crippen LogP contribution in [0.3, 0.4) is 0 Å². The van der Waals surface area contributed by atoms with Crippen molar-refractivity contribution in [1.82, 2.24) is 19.5 Å². The minimum atomic E-state index is 0.0992. The summed E-state index contributed by atoms with van der Waals surface area (Å²) in [5.41, 5.74) is 9.12. The van der Waals surface area contributed by atoms with E-state index in [4.69, 9.17) is 19.4 Å². The summed E-state index contributed by atoms with van der Waals surface area (Å²) in [4.78, 5) is 15.0. The Balaban J connectivity index is 1.14. The number of para-hydroxylation sites is 3. The van der Waals surface area contributed by atoms with E-state index in [0.29, 0.717) is 11.6 Å². The van der Waals surface area contributed by atoms with Crippen molar-refractivity contribution in [1.29, 1.82) is 0 Å². The molecule has 6 aromatic carbocycles. The van der Waals surface area contributed by atoms with Crippen LogP contribution in [0.5, 0.6) is 0 Å². The number of fused-ring (bicyclic) bond motifs is 6. The van der Waals surface area contributed by atoms with Crippen molar-refractivity contribution in [2.24, 2.45) is 0 Å². The van der Waals surface area contributed by atoms with E-state index in [2.05, 4.69) is 138 Å². The van der Waals surface area contributed by atoms with Crippen molar-refractivity contribution in [2.75, 3.05) is 0 Å². The van der Waals surface area contributed by atoms with Crippen molar-refractivity contribution in [3.05, 3.63) is 170 Å². The zero-order valence-corrected chi connectivity index (χ0v) is 27.1. The molecule has 0 bridgehead atoms. The summed E-state index contributed by atoms with van der Waals surface area (Å²) in [6.07, 6.45) is 9.34. The van der Waals surface area contributed by atoms with E-state index < -0.39 is 0 Å². The molecular formula is C45H30N4O. The lowest BCUT2D eigenvalue weighted by Crippen LogP contribution is -2.07. The van der Waals surface area contributed by atoms with Crippen LogP contribution in [0.2, 0.25) is 0 Å². The standard InChI is InChI=1S/C45H30N4O/c1-3-14-29(15-4-1)43-46-44(30-16-5-2-6-17-30)48-45(47-43)32-19-11-18-31(28-32)33-22-13-27-40-41(33)36-23-12-26-39(42(36)50-40)49-37-24-9-7-20-34(37)35-21-8-10-25-38(35)49/h1-16,18-28,30H,17H2. The fraction of sp³-hybridized carbons (Fsp3) is 0.0444. The van der Waals surface area contributed by atoms with E-state index in [9.17, 15) is 0 Å². The molecule has 0 N–H and O–H groups in total. The summed E-state index contributed by atoms with van der Waals surface area (Å²) < 4.78 is 9.09. The average Bonchev–Trinajstić information content (AvgIpc) is 3.75. The van der Waals surface area contributed by atoms with Crippen LogP contribution in [0.1, 0.15) is 18.2 Å². The third kappa shape index (κ3) is 4.59. The molecule has 236 valence electrons. The van der Waals surface area contributed by atoms with Gasteiger partial charge >= 0.3 is 0 Å². The van der Waals surface area contributed by atoms with Gasteiger partial charge in [-0.25, -0.2) is 15.0 Å². The van der Waals surface area contributed by atoms with Gasteiger partial charge in [-0.2, -0.15) is 0 Å². The summed E-state index contributed by atoms with van der Waals surface area (Å²) in [6.45, 7) is 0. The molecule has 0 spiro atoms. The molecule has 0 saturated carbocycles. The lowest BCUT2D eigenvalue weighted by molar-refractivity contribution is 0.666. The molecule has 1 aliphatic carbocycles. The predicted molar refractivity (Wildman–Crippen MR) is 203 cm³/mol. The van der Waals surface area contributed by atoms with Crippen molar-refractivity contribution in [3.63, 3.8) is 0 Å². The highest BCUT2D eigenvalue weighted by atomic mass is 16.3. The second kappa shape index (κ2) is 11.5. The Bertz CT molecular complexity index is 2750. The monoisotopic (exact) mass is 642 g/mol. The minimum absolute atomic E-state index is 0.0992. The maximum Gasteiger partial charge on any atom is 0.163 e. The Labute approximate surface area is 288 Å². The summed E-state index contributed by atoms with van der Waals surface area (Å²) in [5.74, 6) is 2.22. The van der Waals surface area contributed by atoms with Crippen LogP contribution in [0.4, 0.5) is 0 Å². The number of nitrogens with zero attached hydrogens (tertiary/aromatic N) is 4. The first-order valence-corrected chi connectivity index (χ1v) is 17.0. The Kier molecular flexibility index (Phi) is 6.56. The smallest absolute Gasteiger partial charge is 0.163 e. The van der Waals surface area contributed by atoms with Crippen LogP contribution >= 0.6 is 0 Å². The number of hydrogen-bond donors (Lipinski definition) is 0. The van der Waals surface area contributed by atoms with E-state index in [0.717, 1.165) is 73.2 Å². The molecule has 1 unspecified atom stereocenters. The fourth-order valence-electron chi connectivity index (χ4n) is 7.43. The van der Waals surface area contributed by atoms with Gasteiger partial charge in [0.05, 0.1) is 16.7 Å².